The molecule has 0 aliphatic carbocycles. The molecule has 1 fully saturated rings. The Labute approximate surface area is 220 Å². The predicted molar refractivity (Wildman–Crippen MR) is 145 cm³/mol. The zero-order valence-electron chi connectivity index (χ0n) is 20.9. The number of benzene rings is 3. The van der Waals surface area contributed by atoms with E-state index in [0.717, 1.165) is 59.5 Å². The van der Waals surface area contributed by atoms with Crippen LogP contribution in [0, 0.1) is 5.82 Å². The van der Waals surface area contributed by atoms with E-state index in [1.165, 1.54) is 31.6 Å². The first-order chi connectivity index (χ1) is 18.7. The molecule has 192 valence electrons. The normalized spacial score (nSPS) is 13.7. The number of likely N-dealkylation sites (tertiary alicyclic amines) is 1. The lowest BCUT2D eigenvalue weighted by atomic mass is 10.0. The molecule has 1 saturated heterocycles. The van der Waals surface area contributed by atoms with E-state index in [1.807, 2.05) is 48.5 Å². The van der Waals surface area contributed by atoms with E-state index in [-0.39, 0.29) is 11.6 Å². The largest absolute Gasteiger partial charge is 0.490 e. The minimum absolute atomic E-state index is 0.288. The first-order valence-corrected chi connectivity index (χ1v) is 12.8. The Morgan fingerprint density at radius 2 is 1.71 bits per heavy atom. The van der Waals surface area contributed by atoms with Gasteiger partial charge >= 0.3 is 0 Å². The second kappa shape index (κ2) is 10.9. The summed E-state index contributed by atoms with van der Waals surface area (Å²) in [6.45, 7) is 3.83. The van der Waals surface area contributed by atoms with Gasteiger partial charge in [0, 0.05) is 17.6 Å². The molecule has 0 bridgehead atoms. The summed E-state index contributed by atoms with van der Waals surface area (Å²) in [4.78, 5) is 15.3. The number of rotatable bonds is 9. The van der Waals surface area contributed by atoms with Crippen LogP contribution in [0.1, 0.15) is 19.3 Å². The molecule has 8 nitrogen and oxygen atoms in total. The van der Waals surface area contributed by atoms with Crippen molar-refractivity contribution < 1.29 is 9.13 Å². The molecule has 0 unspecified atom stereocenters. The van der Waals surface area contributed by atoms with Gasteiger partial charge in [-0.05, 0) is 92.0 Å². The van der Waals surface area contributed by atoms with Crippen molar-refractivity contribution in [1.82, 2.24) is 29.6 Å². The van der Waals surface area contributed by atoms with Crippen LogP contribution in [-0.2, 0) is 0 Å². The second-order valence-electron chi connectivity index (χ2n) is 9.36. The van der Waals surface area contributed by atoms with Crippen LogP contribution in [0.5, 0.6) is 5.75 Å². The Kier molecular flexibility index (Phi) is 6.91. The number of nitrogens with one attached hydrogen (secondary N) is 1. The third-order valence-electron chi connectivity index (χ3n) is 6.79. The van der Waals surface area contributed by atoms with Gasteiger partial charge in [0.05, 0.1) is 17.8 Å². The Morgan fingerprint density at radius 3 is 2.50 bits per heavy atom. The highest BCUT2D eigenvalue weighted by atomic mass is 19.1. The molecule has 0 atom stereocenters. The summed E-state index contributed by atoms with van der Waals surface area (Å²) in [6.07, 6.45) is 8.12. The molecule has 3 heterocycles. The van der Waals surface area contributed by atoms with Gasteiger partial charge in [0.1, 0.15) is 24.8 Å². The molecule has 9 heteroatoms. The van der Waals surface area contributed by atoms with Crippen LogP contribution in [0.3, 0.4) is 0 Å². The van der Waals surface area contributed by atoms with E-state index in [9.17, 15) is 4.39 Å². The number of hydrogen-bond donors (Lipinski definition) is 1. The number of ether oxygens (including phenoxy) is 1. The van der Waals surface area contributed by atoms with Crippen LogP contribution in [0.15, 0.2) is 79.6 Å². The molecule has 38 heavy (non-hydrogen) atoms. The number of hydrogen-bond acceptors (Lipinski definition) is 7. The number of halogens is 1. The fourth-order valence-corrected chi connectivity index (χ4v) is 4.79. The Hall–Kier alpha value is -4.37. The number of nitrogens with zero attached hydrogens (tertiary/aromatic N) is 6. The minimum atomic E-state index is -0.362. The van der Waals surface area contributed by atoms with Gasteiger partial charge in [0.25, 0.3) is 0 Å². The topological polar surface area (TPSA) is 81.0 Å². The fourth-order valence-electron chi connectivity index (χ4n) is 4.79. The highest BCUT2D eigenvalue weighted by Gasteiger charge is 2.12. The van der Waals surface area contributed by atoms with Crippen molar-refractivity contribution in [2.75, 3.05) is 31.6 Å². The smallest absolute Gasteiger partial charge is 0.165 e. The van der Waals surface area contributed by atoms with Gasteiger partial charge in [-0.15, -0.1) is 0 Å². The van der Waals surface area contributed by atoms with Crippen molar-refractivity contribution in [3.63, 3.8) is 0 Å². The lowest BCUT2D eigenvalue weighted by molar-refractivity contribution is 0.256. The van der Waals surface area contributed by atoms with E-state index in [4.69, 9.17) is 4.74 Å². The van der Waals surface area contributed by atoms with Crippen LogP contribution in [-0.4, -0.2) is 55.9 Å². The molecule has 5 aromatic rings. The Bertz CT molecular complexity index is 1520. The lowest BCUT2D eigenvalue weighted by Crippen LogP contribution is -2.22. The molecule has 0 amide bonds. The van der Waals surface area contributed by atoms with Gasteiger partial charge in [-0.2, -0.15) is 5.10 Å². The van der Waals surface area contributed by atoms with Crippen molar-refractivity contribution >= 4 is 22.4 Å². The van der Waals surface area contributed by atoms with Crippen molar-refractivity contribution in [1.29, 1.82) is 0 Å². The summed E-state index contributed by atoms with van der Waals surface area (Å²) in [5, 5.41) is 8.37. The highest BCUT2D eigenvalue weighted by molar-refractivity contribution is 5.93. The zero-order chi connectivity index (χ0) is 25.7. The monoisotopic (exact) mass is 509 g/mol. The van der Waals surface area contributed by atoms with E-state index in [0.29, 0.717) is 12.4 Å². The number of aromatic nitrogens is 5. The average Bonchev–Trinajstić information content (AvgIpc) is 3.67. The molecule has 6 rings (SSSR count). The van der Waals surface area contributed by atoms with Crippen molar-refractivity contribution in [2.45, 2.75) is 19.3 Å². The fraction of sp³-hybridized carbons (Fsp3) is 0.241. The van der Waals surface area contributed by atoms with Crippen LogP contribution in [0.4, 0.5) is 15.9 Å². The van der Waals surface area contributed by atoms with E-state index in [1.54, 1.807) is 17.1 Å². The molecular formula is C29H28FN7O. The van der Waals surface area contributed by atoms with E-state index >= 15 is 0 Å². The highest BCUT2D eigenvalue weighted by Crippen LogP contribution is 2.31. The van der Waals surface area contributed by atoms with Gasteiger partial charge in [-0.1, -0.05) is 12.1 Å². The summed E-state index contributed by atoms with van der Waals surface area (Å²) < 4.78 is 22.3. The van der Waals surface area contributed by atoms with Gasteiger partial charge in [-0.3, -0.25) is 0 Å². The summed E-state index contributed by atoms with van der Waals surface area (Å²) in [5.41, 5.74) is 4.21. The van der Waals surface area contributed by atoms with Crippen molar-refractivity contribution in [2.24, 2.45) is 0 Å². The first kappa shape index (κ1) is 24.0. The quantitative estimate of drug-likeness (QED) is 0.258. The van der Waals surface area contributed by atoms with E-state index < -0.39 is 0 Å². The third-order valence-corrected chi connectivity index (χ3v) is 6.79. The maximum absolute atomic E-state index is 14.9. The van der Waals surface area contributed by atoms with Crippen LogP contribution >= 0.6 is 0 Å². The second-order valence-corrected chi connectivity index (χ2v) is 9.36. The van der Waals surface area contributed by atoms with E-state index in [2.05, 4.69) is 30.3 Å². The SMILES string of the molecule is Fc1cc(-c2ccc3ncnc(Nc4ccc(-n5cncn5)cc4)c3c2)ccc1OCCCN1CCCC1. The molecule has 3 aromatic carbocycles. The maximum Gasteiger partial charge on any atom is 0.165 e. The molecular weight excluding hydrogens is 481 g/mol. The molecule has 0 saturated carbocycles. The molecule has 1 aliphatic heterocycles. The molecule has 1 aliphatic rings. The third kappa shape index (κ3) is 5.33. The maximum atomic E-state index is 14.9. The predicted octanol–water partition coefficient (Wildman–Crippen LogP) is 5.62. The number of fused-ring (bicyclic) bond motifs is 1. The molecule has 1 N–H and O–H groups in total. The van der Waals surface area contributed by atoms with Gasteiger partial charge in [-0.25, -0.2) is 24.0 Å². The summed E-state index contributed by atoms with van der Waals surface area (Å²) in [6, 6.07) is 18.8. The first-order valence-electron chi connectivity index (χ1n) is 12.8. The summed E-state index contributed by atoms with van der Waals surface area (Å²) >= 11 is 0. The summed E-state index contributed by atoms with van der Waals surface area (Å²) in [5.74, 6) is 0.596. The van der Waals surface area contributed by atoms with Gasteiger partial charge in [0.15, 0.2) is 11.6 Å². The molecule has 2 aromatic heterocycles. The van der Waals surface area contributed by atoms with Crippen LogP contribution in [0.25, 0.3) is 27.7 Å². The zero-order valence-corrected chi connectivity index (χ0v) is 20.9. The molecule has 0 spiro atoms. The van der Waals surface area contributed by atoms with Gasteiger partial charge in [0.2, 0.25) is 0 Å². The Balaban J connectivity index is 1.17. The molecule has 0 radical (unpaired) electrons. The van der Waals surface area contributed by atoms with Crippen molar-refractivity contribution in [3.8, 4) is 22.6 Å². The minimum Gasteiger partial charge on any atom is -0.490 e. The lowest BCUT2D eigenvalue weighted by Gasteiger charge is -2.15. The van der Waals surface area contributed by atoms with Crippen molar-refractivity contribution in [3.05, 3.63) is 85.5 Å². The average molecular weight is 510 g/mol. The van der Waals surface area contributed by atoms with Gasteiger partial charge < -0.3 is 15.0 Å². The Morgan fingerprint density at radius 1 is 0.895 bits per heavy atom. The van der Waals surface area contributed by atoms with Crippen LogP contribution < -0.4 is 10.1 Å². The number of anilines is 2. The van der Waals surface area contributed by atoms with Crippen LogP contribution in [0.2, 0.25) is 0 Å². The standard InChI is InChI=1S/C29H28FN7O/c30-26-17-22(5-11-28(26)38-15-3-14-36-12-1-2-13-36)21-4-10-27-25(16-21)29(33-19-32-27)35-23-6-8-24(9-7-23)37-20-31-18-34-37/h4-11,16-20H,1-3,12-15H2,(H,32,33,35). The summed E-state index contributed by atoms with van der Waals surface area (Å²) in [7, 11) is 0.